The Kier molecular flexibility index (Phi) is 10.9. The number of anilines is 1. The van der Waals surface area contributed by atoms with Crippen LogP contribution in [0.25, 0.3) is 11.4 Å². The molecule has 1 atom stereocenters. The van der Waals surface area contributed by atoms with Crippen molar-refractivity contribution < 1.29 is 33.0 Å². The van der Waals surface area contributed by atoms with E-state index in [0.717, 1.165) is 64.0 Å². The van der Waals surface area contributed by atoms with Crippen LogP contribution >= 0.6 is 0 Å². The Bertz CT molecular complexity index is 2250. The van der Waals surface area contributed by atoms with Gasteiger partial charge in [0.1, 0.15) is 23.0 Å². The van der Waals surface area contributed by atoms with Crippen molar-refractivity contribution in [1.82, 2.24) is 30.2 Å². The minimum absolute atomic E-state index is 0.00843. The van der Waals surface area contributed by atoms with Crippen LogP contribution in [-0.2, 0) is 6.54 Å². The number of fused-ring (bicyclic) bond motifs is 1. The molecule has 5 heterocycles. The Labute approximate surface area is 337 Å². The van der Waals surface area contributed by atoms with E-state index in [-0.39, 0.29) is 45.8 Å². The average Bonchev–Trinajstić information content (AvgIpc) is 3.49. The highest BCUT2D eigenvalue weighted by Gasteiger charge is 2.50. The summed E-state index contributed by atoms with van der Waals surface area (Å²) < 4.78 is 45.9. The number of pyridine rings is 3. The summed E-state index contributed by atoms with van der Waals surface area (Å²) in [4.78, 5) is 32.9. The first-order valence-corrected chi connectivity index (χ1v) is 19.8. The summed E-state index contributed by atoms with van der Waals surface area (Å²) in [5.41, 5.74) is 6.42. The predicted molar refractivity (Wildman–Crippen MR) is 215 cm³/mol. The number of ether oxygens (including phenoxy) is 3. The van der Waals surface area contributed by atoms with E-state index in [1.54, 1.807) is 11.5 Å². The molecule has 8 rings (SSSR count). The number of hydrogen-bond donors (Lipinski definition) is 2. The molecule has 3 fully saturated rings. The molecule has 4 aliphatic rings. The van der Waals surface area contributed by atoms with Crippen LogP contribution in [0.5, 0.6) is 23.3 Å². The maximum absolute atomic E-state index is 14.7. The van der Waals surface area contributed by atoms with Crippen molar-refractivity contribution in [2.75, 3.05) is 51.8 Å². The zero-order valence-electron chi connectivity index (χ0n) is 33.3. The first-order valence-electron chi connectivity index (χ1n) is 19.8. The third-order valence-electron chi connectivity index (χ3n) is 12.3. The summed E-state index contributed by atoms with van der Waals surface area (Å²) in [6.45, 7) is 13.1. The van der Waals surface area contributed by atoms with E-state index in [2.05, 4.69) is 74.3 Å². The zero-order chi connectivity index (χ0) is 40.7. The zero-order valence-corrected chi connectivity index (χ0v) is 33.3. The fourth-order valence-electron chi connectivity index (χ4n) is 9.28. The summed E-state index contributed by atoms with van der Waals surface area (Å²) in [6, 6.07) is 15.9. The number of hydroxylamine groups is 1. The fourth-order valence-corrected chi connectivity index (χ4v) is 9.28. The number of benzene rings is 1. The largest absolute Gasteiger partial charge is 0.481 e. The standard InChI is InChI=1S/C44H49F2N7O5/c1-26(2)30-8-6-7-9-31(30)35-25-51(24-28-17-38(46)48-40(18-28)56-4)14-15-53(35)29-21-44(22-29)10-12-52(13-11-44)39-20-36(33(23-47-39)42(54)50-55)58-37-19-32-34(45)16-27(3)41(32)49-43(37)57-5/h6-9,16-20,23,26,29,35,55H,3,10-15,21-22,24-25H2,1-2,4-5H3,(H,50,54)/t35-/m0/s1. The van der Waals surface area contributed by atoms with E-state index in [1.165, 1.54) is 49.8 Å². The molecule has 1 aromatic carbocycles. The van der Waals surface area contributed by atoms with Gasteiger partial charge >= 0.3 is 0 Å². The van der Waals surface area contributed by atoms with E-state index >= 15 is 0 Å². The molecule has 0 bridgehead atoms. The smallest absolute Gasteiger partial charge is 0.280 e. The van der Waals surface area contributed by atoms with Crippen molar-refractivity contribution in [2.45, 2.75) is 64.1 Å². The monoisotopic (exact) mass is 793 g/mol. The van der Waals surface area contributed by atoms with Crippen molar-refractivity contribution in [3.8, 4) is 23.3 Å². The van der Waals surface area contributed by atoms with Gasteiger partial charge in [-0.1, -0.05) is 44.7 Å². The lowest BCUT2D eigenvalue weighted by Gasteiger charge is -2.58. The van der Waals surface area contributed by atoms with E-state index in [4.69, 9.17) is 14.2 Å². The van der Waals surface area contributed by atoms with Gasteiger partial charge in [0.2, 0.25) is 11.8 Å². The maximum Gasteiger partial charge on any atom is 0.280 e. The van der Waals surface area contributed by atoms with E-state index in [0.29, 0.717) is 35.6 Å². The van der Waals surface area contributed by atoms with Crippen LogP contribution in [0.4, 0.5) is 14.6 Å². The van der Waals surface area contributed by atoms with Crippen LogP contribution in [0, 0.1) is 11.4 Å². The number of piperazine rings is 1. The number of amides is 1. The Hall–Kier alpha value is -5.44. The summed E-state index contributed by atoms with van der Waals surface area (Å²) in [5.74, 6) is -0.245. The third kappa shape index (κ3) is 7.63. The van der Waals surface area contributed by atoms with Gasteiger partial charge in [0.15, 0.2) is 5.75 Å². The molecule has 58 heavy (non-hydrogen) atoms. The second kappa shape index (κ2) is 16.1. The molecule has 3 aromatic heterocycles. The number of nitrogens with zero attached hydrogens (tertiary/aromatic N) is 6. The lowest BCUT2D eigenvalue weighted by atomic mass is 9.59. The highest BCUT2D eigenvalue weighted by molar-refractivity contribution is 5.96. The molecule has 2 saturated heterocycles. The first kappa shape index (κ1) is 39.4. The number of nitrogens with one attached hydrogen (secondary N) is 1. The van der Waals surface area contributed by atoms with Crippen LogP contribution in [0.2, 0.25) is 0 Å². The summed E-state index contributed by atoms with van der Waals surface area (Å²) in [7, 11) is 2.93. The second-order valence-electron chi connectivity index (χ2n) is 16.2. The number of piperidine rings is 1. The Balaban J connectivity index is 0.970. The highest BCUT2D eigenvalue weighted by Crippen LogP contribution is 2.53. The van der Waals surface area contributed by atoms with E-state index in [9.17, 15) is 18.8 Å². The molecular formula is C44H49F2N7O5. The lowest BCUT2D eigenvalue weighted by molar-refractivity contribution is -0.0628. The topological polar surface area (TPSA) is 125 Å². The van der Waals surface area contributed by atoms with Gasteiger partial charge in [-0.3, -0.25) is 19.8 Å². The number of hydrogen-bond acceptors (Lipinski definition) is 11. The van der Waals surface area contributed by atoms with Gasteiger partial charge in [0.05, 0.1) is 19.9 Å². The van der Waals surface area contributed by atoms with Crippen molar-refractivity contribution in [2.24, 2.45) is 5.41 Å². The Morgan fingerprint density at radius 1 is 1.02 bits per heavy atom. The molecule has 1 saturated carbocycles. The van der Waals surface area contributed by atoms with Gasteiger partial charge in [-0.15, -0.1) is 0 Å². The molecule has 1 spiro atoms. The molecule has 2 aliphatic heterocycles. The molecule has 2 aliphatic carbocycles. The molecule has 0 unspecified atom stereocenters. The number of carbonyl (C=O) groups is 1. The summed E-state index contributed by atoms with van der Waals surface area (Å²) in [5, 5.41) is 9.49. The molecule has 14 heteroatoms. The second-order valence-corrected chi connectivity index (χ2v) is 16.2. The number of halogens is 2. The van der Waals surface area contributed by atoms with Crippen LogP contribution < -0.4 is 24.6 Å². The molecule has 4 aromatic rings. The van der Waals surface area contributed by atoms with Crippen molar-refractivity contribution >= 4 is 23.1 Å². The Morgan fingerprint density at radius 2 is 1.79 bits per heavy atom. The fraction of sp³-hybridized carbons (Fsp3) is 0.409. The highest BCUT2D eigenvalue weighted by atomic mass is 19.1. The van der Waals surface area contributed by atoms with Crippen molar-refractivity contribution in [3.05, 3.63) is 107 Å². The first-order chi connectivity index (χ1) is 28.0. The Morgan fingerprint density at radius 3 is 2.52 bits per heavy atom. The minimum atomic E-state index is -0.804. The number of rotatable bonds is 11. The number of aromatic nitrogens is 3. The summed E-state index contributed by atoms with van der Waals surface area (Å²) in [6.07, 6.45) is 6.84. The molecule has 304 valence electrons. The molecule has 2 N–H and O–H groups in total. The lowest BCUT2D eigenvalue weighted by Crippen LogP contribution is -2.60. The maximum atomic E-state index is 14.7. The van der Waals surface area contributed by atoms with Gasteiger partial charge in [-0.2, -0.15) is 9.37 Å². The normalized spacial score (nSPS) is 19.5. The number of methoxy groups -OCH3 is 2. The number of carbonyl (C=O) groups excluding carboxylic acids is 1. The van der Waals surface area contributed by atoms with Crippen LogP contribution in [0.1, 0.15) is 89.8 Å². The third-order valence-corrected chi connectivity index (χ3v) is 12.3. The SMILES string of the molecule is C=C1C=C(F)c2cc(Oc3cc(N4CCC5(CC4)CC(N4CCN(Cc6cc(F)nc(OC)c6)C[C@H]4c4ccccc4C(C)C)C5)ncc3C(=O)NO)c(OC)nc21. The van der Waals surface area contributed by atoms with Gasteiger partial charge in [0, 0.05) is 75.2 Å². The van der Waals surface area contributed by atoms with Crippen molar-refractivity contribution in [3.63, 3.8) is 0 Å². The van der Waals surface area contributed by atoms with Gasteiger partial charge in [-0.05, 0) is 77.5 Å². The quantitative estimate of drug-likeness (QED) is 0.0882. The van der Waals surface area contributed by atoms with Gasteiger partial charge < -0.3 is 19.1 Å². The predicted octanol–water partition coefficient (Wildman–Crippen LogP) is 7.71. The number of allylic oxidation sites excluding steroid dienone is 2. The van der Waals surface area contributed by atoms with Crippen LogP contribution in [-0.4, -0.2) is 88.9 Å². The van der Waals surface area contributed by atoms with Crippen molar-refractivity contribution in [1.29, 1.82) is 0 Å². The van der Waals surface area contributed by atoms with E-state index in [1.807, 2.05) is 6.07 Å². The van der Waals surface area contributed by atoms with Crippen LogP contribution in [0.3, 0.4) is 0 Å². The molecular weight excluding hydrogens is 745 g/mol. The molecule has 0 radical (unpaired) electrons. The molecule has 1 amide bonds. The van der Waals surface area contributed by atoms with E-state index < -0.39 is 17.7 Å². The minimum Gasteiger partial charge on any atom is -0.481 e. The summed E-state index contributed by atoms with van der Waals surface area (Å²) >= 11 is 0. The average molecular weight is 794 g/mol. The molecule has 12 nitrogen and oxygen atoms in total. The van der Waals surface area contributed by atoms with Crippen LogP contribution in [0.15, 0.2) is 67.4 Å². The van der Waals surface area contributed by atoms with Gasteiger partial charge in [0.25, 0.3) is 11.8 Å². The van der Waals surface area contributed by atoms with Gasteiger partial charge in [-0.25, -0.2) is 19.8 Å².